The van der Waals surface area contributed by atoms with E-state index in [2.05, 4.69) is 29.5 Å². The van der Waals surface area contributed by atoms with Crippen molar-refractivity contribution in [1.29, 1.82) is 0 Å². The molecule has 5 heteroatoms. The van der Waals surface area contributed by atoms with Crippen molar-refractivity contribution >= 4 is 11.6 Å². The van der Waals surface area contributed by atoms with Crippen LogP contribution in [0, 0.1) is 5.41 Å². The number of nitrogens with zero attached hydrogens (tertiary/aromatic N) is 1. The van der Waals surface area contributed by atoms with E-state index in [-0.39, 0.29) is 11.3 Å². The molecule has 0 saturated carbocycles. The smallest absolute Gasteiger partial charge is 0.269 e. The predicted molar refractivity (Wildman–Crippen MR) is 76.4 cm³/mol. The molecule has 0 aliphatic heterocycles. The standard InChI is InChI=1S/C14H23N3O2/c1-14(2,6-8-19-4)10-17-11-5-7-16-12(9-11)13(18)15-3/h5,7,9H,6,8,10H2,1-4H3,(H,15,18)(H,16,17). The quantitative estimate of drug-likeness (QED) is 0.790. The third-order valence-corrected chi connectivity index (χ3v) is 2.97. The number of methoxy groups -OCH3 is 1. The molecule has 1 aromatic rings. The van der Waals surface area contributed by atoms with Gasteiger partial charge in [0.2, 0.25) is 0 Å². The Morgan fingerprint density at radius 2 is 2.21 bits per heavy atom. The van der Waals surface area contributed by atoms with Crippen molar-refractivity contribution in [3.63, 3.8) is 0 Å². The lowest BCUT2D eigenvalue weighted by Gasteiger charge is -2.25. The van der Waals surface area contributed by atoms with Gasteiger partial charge in [0.25, 0.3) is 5.91 Å². The molecule has 0 spiro atoms. The highest BCUT2D eigenvalue weighted by molar-refractivity contribution is 5.92. The van der Waals surface area contributed by atoms with Crippen LogP contribution < -0.4 is 10.6 Å². The summed E-state index contributed by atoms with van der Waals surface area (Å²) in [6.45, 7) is 5.92. The average Bonchev–Trinajstić information content (AvgIpc) is 2.42. The summed E-state index contributed by atoms with van der Waals surface area (Å²) < 4.78 is 5.10. The van der Waals surface area contributed by atoms with Crippen molar-refractivity contribution < 1.29 is 9.53 Å². The van der Waals surface area contributed by atoms with Crippen LogP contribution in [-0.2, 0) is 4.74 Å². The monoisotopic (exact) mass is 265 g/mol. The Morgan fingerprint density at radius 1 is 1.47 bits per heavy atom. The Balaban J connectivity index is 2.60. The van der Waals surface area contributed by atoms with E-state index in [0.29, 0.717) is 5.69 Å². The number of carbonyl (C=O) groups excluding carboxylic acids is 1. The molecular weight excluding hydrogens is 242 g/mol. The van der Waals surface area contributed by atoms with Crippen molar-refractivity contribution in [2.45, 2.75) is 20.3 Å². The summed E-state index contributed by atoms with van der Waals surface area (Å²) in [5.74, 6) is -0.178. The number of rotatable bonds is 7. The first-order valence-electron chi connectivity index (χ1n) is 6.39. The Kier molecular flexibility index (Phi) is 5.76. The molecule has 2 N–H and O–H groups in total. The van der Waals surface area contributed by atoms with Crippen molar-refractivity contribution in [1.82, 2.24) is 10.3 Å². The number of ether oxygens (including phenoxy) is 1. The molecule has 1 amide bonds. The van der Waals surface area contributed by atoms with Gasteiger partial charge in [0.05, 0.1) is 0 Å². The molecule has 0 aliphatic carbocycles. The van der Waals surface area contributed by atoms with Crippen LogP contribution in [0.2, 0.25) is 0 Å². The van der Waals surface area contributed by atoms with Gasteiger partial charge in [-0.2, -0.15) is 0 Å². The summed E-state index contributed by atoms with van der Waals surface area (Å²) in [7, 11) is 3.31. The Bertz CT molecular complexity index is 419. The Morgan fingerprint density at radius 3 is 2.84 bits per heavy atom. The van der Waals surface area contributed by atoms with Gasteiger partial charge in [-0.1, -0.05) is 13.8 Å². The second-order valence-electron chi connectivity index (χ2n) is 5.27. The first-order chi connectivity index (χ1) is 8.98. The van der Waals surface area contributed by atoms with E-state index >= 15 is 0 Å². The second kappa shape index (κ2) is 7.09. The summed E-state index contributed by atoms with van der Waals surface area (Å²) in [5.41, 5.74) is 1.45. The highest BCUT2D eigenvalue weighted by Crippen LogP contribution is 2.21. The molecule has 0 aliphatic rings. The molecule has 0 atom stereocenters. The van der Waals surface area contributed by atoms with E-state index in [0.717, 1.165) is 25.3 Å². The van der Waals surface area contributed by atoms with Crippen molar-refractivity contribution in [2.24, 2.45) is 5.41 Å². The summed E-state index contributed by atoms with van der Waals surface area (Å²) in [5, 5.41) is 5.90. The maximum Gasteiger partial charge on any atom is 0.269 e. The SMILES string of the molecule is CNC(=O)c1cc(NCC(C)(C)CCOC)ccn1. The van der Waals surface area contributed by atoms with Crippen molar-refractivity contribution in [2.75, 3.05) is 32.6 Å². The minimum absolute atomic E-state index is 0.131. The molecule has 0 saturated heterocycles. The summed E-state index contributed by atoms with van der Waals surface area (Å²) >= 11 is 0. The van der Waals surface area contributed by atoms with Crippen LogP contribution in [0.3, 0.4) is 0 Å². The highest BCUT2D eigenvalue weighted by Gasteiger charge is 2.17. The number of aromatic nitrogens is 1. The lowest BCUT2D eigenvalue weighted by atomic mass is 9.89. The largest absolute Gasteiger partial charge is 0.385 e. The van der Waals surface area contributed by atoms with E-state index in [1.165, 1.54) is 0 Å². The topological polar surface area (TPSA) is 63.2 Å². The fraction of sp³-hybridized carbons (Fsp3) is 0.571. The number of anilines is 1. The van der Waals surface area contributed by atoms with Gasteiger partial charge in [-0.15, -0.1) is 0 Å². The van der Waals surface area contributed by atoms with Crippen LogP contribution >= 0.6 is 0 Å². The van der Waals surface area contributed by atoms with Crippen LogP contribution in [0.1, 0.15) is 30.8 Å². The molecule has 0 unspecified atom stereocenters. The molecule has 1 heterocycles. The number of amides is 1. The average molecular weight is 265 g/mol. The van der Waals surface area contributed by atoms with E-state index in [4.69, 9.17) is 4.74 Å². The maximum absolute atomic E-state index is 11.5. The van der Waals surface area contributed by atoms with Gasteiger partial charge in [0.1, 0.15) is 5.69 Å². The molecule has 0 aromatic carbocycles. The molecule has 1 aromatic heterocycles. The molecule has 106 valence electrons. The number of hydrogen-bond acceptors (Lipinski definition) is 4. The summed E-state index contributed by atoms with van der Waals surface area (Å²) in [6, 6.07) is 3.62. The Labute approximate surface area is 114 Å². The molecule has 0 fully saturated rings. The van der Waals surface area contributed by atoms with E-state index in [1.54, 1.807) is 26.4 Å². The molecule has 0 bridgehead atoms. The molecular formula is C14H23N3O2. The zero-order chi connectivity index (χ0) is 14.3. The zero-order valence-electron chi connectivity index (χ0n) is 12.1. The fourth-order valence-electron chi connectivity index (χ4n) is 1.60. The van der Waals surface area contributed by atoms with Crippen molar-refractivity contribution in [3.05, 3.63) is 24.0 Å². The van der Waals surface area contributed by atoms with Crippen molar-refractivity contribution in [3.8, 4) is 0 Å². The number of carbonyl (C=O) groups is 1. The normalized spacial score (nSPS) is 11.2. The first kappa shape index (κ1) is 15.4. The van der Waals surface area contributed by atoms with Gasteiger partial charge in [-0.05, 0) is 24.0 Å². The molecule has 5 nitrogen and oxygen atoms in total. The highest BCUT2D eigenvalue weighted by atomic mass is 16.5. The van der Waals surface area contributed by atoms with Crippen LogP contribution in [0.15, 0.2) is 18.3 Å². The van der Waals surface area contributed by atoms with Gasteiger partial charge >= 0.3 is 0 Å². The molecule has 0 radical (unpaired) electrons. The third kappa shape index (κ3) is 5.26. The third-order valence-electron chi connectivity index (χ3n) is 2.97. The van der Waals surface area contributed by atoms with Gasteiger partial charge in [-0.25, -0.2) is 0 Å². The number of pyridine rings is 1. The number of nitrogens with one attached hydrogen (secondary N) is 2. The van der Waals surface area contributed by atoms with Crippen LogP contribution in [0.4, 0.5) is 5.69 Å². The van der Waals surface area contributed by atoms with Gasteiger partial charge in [-0.3, -0.25) is 9.78 Å². The van der Waals surface area contributed by atoms with E-state index in [1.807, 2.05) is 6.07 Å². The molecule has 19 heavy (non-hydrogen) atoms. The van der Waals surface area contributed by atoms with E-state index in [9.17, 15) is 4.79 Å². The fourth-order valence-corrected chi connectivity index (χ4v) is 1.60. The lowest BCUT2D eigenvalue weighted by Crippen LogP contribution is -2.25. The molecule has 1 rings (SSSR count). The summed E-state index contributed by atoms with van der Waals surface area (Å²) in [6.07, 6.45) is 2.61. The Hall–Kier alpha value is -1.62. The van der Waals surface area contributed by atoms with Crippen LogP contribution in [-0.4, -0.2) is 38.2 Å². The van der Waals surface area contributed by atoms with Gasteiger partial charge in [0.15, 0.2) is 0 Å². The number of hydrogen-bond donors (Lipinski definition) is 2. The van der Waals surface area contributed by atoms with Gasteiger partial charge < -0.3 is 15.4 Å². The minimum atomic E-state index is -0.178. The van der Waals surface area contributed by atoms with E-state index < -0.39 is 0 Å². The van der Waals surface area contributed by atoms with Gasteiger partial charge in [0, 0.05) is 39.2 Å². The van der Waals surface area contributed by atoms with Crippen LogP contribution in [0.5, 0.6) is 0 Å². The predicted octanol–water partition coefficient (Wildman–Crippen LogP) is 1.92. The summed E-state index contributed by atoms with van der Waals surface area (Å²) in [4.78, 5) is 15.5. The second-order valence-corrected chi connectivity index (χ2v) is 5.27. The minimum Gasteiger partial charge on any atom is -0.385 e. The lowest BCUT2D eigenvalue weighted by molar-refractivity contribution is 0.0958. The van der Waals surface area contributed by atoms with Crippen LogP contribution in [0.25, 0.3) is 0 Å². The first-order valence-corrected chi connectivity index (χ1v) is 6.39. The zero-order valence-corrected chi connectivity index (χ0v) is 12.1. The maximum atomic E-state index is 11.5.